The minimum Gasteiger partial charge on any atom is -0.478 e. The first-order valence-electron chi connectivity index (χ1n) is 8.97. The van der Waals surface area contributed by atoms with Crippen LogP contribution in [0.4, 0.5) is 10.5 Å². The lowest BCUT2D eigenvalue weighted by atomic mass is 10.1. The molecule has 1 aromatic heterocycles. The second kappa shape index (κ2) is 8.34. The molecule has 144 valence electrons. The molecule has 27 heavy (non-hydrogen) atoms. The Kier molecular flexibility index (Phi) is 5.90. The van der Waals surface area contributed by atoms with Gasteiger partial charge in [-0.15, -0.1) is 10.2 Å². The molecular formula is C18H23N5O3S. The Hall–Kier alpha value is -2.68. The van der Waals surface area contributed by atoms with Gasteiger partial charge in [0.05, 0.1) is 18.3 Å². The van der Waals surface area contributed by atoms with Crippen molar-refractivity contribution in [3.05, 3.63) is 33.8 Å². The summed E-state index contributed by atoms with van der Waals surface area (Å²) < 4.78 is 5.75. The number of hydrogen-bond acceptors (Lipinski definition) is 6. The fourth-order valence-corrected chi connectivity index (χ4v) is 3.41. The third-order valence-electron chi connectivity index (χ3n) is 4.25. The van der Waals surface area contributed by atoms with E-state index in [-0.39, 0.29) is 18.0 Å². The van der Waals surface area contributed by atoms with E-state index in [4.69, 9.17) is 4.74 Å². The van der Waals surface area contributed by atoms with E-state index in [0.717, 1.165) is 22.0 Å². The van der Waals surface area contributed by atoms with Crippen LogP contribution in [-0.4, -0.2) is 28.2 Å². The Balaban J connectivity index is 1.58. The smallest absolute Gasteiger partial charge is 0.315 e. The Bertz CT molecular complexity index is 838. The maximum Gasteiger partial charge on any atom is 0.315 e. The van der Waals surface area contributed by atoms with Crippen LogP contribution in [0.25, 0.3) is 0 Å². The van der Waals surface area contributed by atoms with Crippen molar-refractivity contribution in [1.29, 1.82) is 0 Å². The molecule has 2 aromatic rings. The van der Waals surface area contributed by atoms with Crippen molar-refractivity contribution in [2.75, 3.05) is 5.32 Å². The summed E-state index contributed by atoms with van der Waals surface area (Å²) >= 11 is 1.49. The van der Waals surface area contributed by atoms with Crippen molar-refractivity contribution in [3.8, 4) is 5.75 Å². The number of nitrogens with zero attached hydrogens (tertiary/aromatic N) is 2. The quantitative estimate of drug-likeness (QED) is 0.704. The molecule has 0 bridgehead atoms. The summed E-state index contributed by atoms with van der Waals surface area (Å²) in [6.07, 6.45) is 0.941. The molecule has 2 unspecified atom stereocenters. The van der Waals surface area contributed by atoms with Gasteiger partial charge >= 0.3 is 6.03 Å². The summed E-state index contributed by atoms with van der Waals surface area (Å²) in [5, 5.41) is 18.3. The van der Waals surface area contributed by atoms with Gasteiger partial charge in [0.15, 0.2) is 6.10 Å². The van der Waals surface area contributed by atoms with Crippen LogP contribution in [-0.2, 0) is 17.8 Å². The average molecular weight is 389 g/mol. The number of aromatic nitrogens is 2. The molecule has 3 N–H and O–H groups in total. The Morgan fingerprint density at radius 2 is 2.11 bits per heavy atom. The summed E-state index contributed by atoms with van der Waals surface area (Å²) in [5.74, 6) is 0.486. The van der Waals surface area contributed by atoms with Crippen molar-refractivity contribution >= 4 is 29.0 Å². The van der Waals surface area contributed by atoms with Gasteiger partial charge < -0.3 is 20.7 Å². The molecule has 0 fully saturated rings. The van der Waals surface area contributed by atoms with Gasteiger partial charge in [-0.1, -0.05) is 31.3 Å². The van der Waals surface area contributed by atoms with E-state index in [2.05, 4.69) is 26.1 Å². The molecule has 0 saturated carbocycles. The molecular weight excluding hydrogens is 366 g/mol. The van der Waals surface area contributed by atoms with E-state index in [0.29, 0.717) is 24.4 Å². The summed E-state index contributed by atoms with van der Waals surface area (Å²) in [5.41, 5.74) is 1.53. The number of amides is 3. The first-order chi connectivity index (χ1) is 13.0. The van der Waals surface area contributed by atoms with E-state index in [1.165, 1.54) is 11.3 Å². The second-order valence-electron chi connectivity index (χ2n) is 6.25. The summed E-state index contributed by atoms with van der Waals surface area (Å²) in [7, 11) is 0. The zero-order valence-electron chi connectivity index (χ0n) is 15.5. The van der Waals surface area contributed by atoms with Crippen LogP contribution in [0, 0.1) is 0 Å². The van der Waals surface area contributed by atoms with Crippen LogP contribution >= 0.6 is 11.3 Å². The molecule has 0 saturated heterocycles. The molecule has 2 heterocycles. The molecule has 1 aliphatic heterocycles. The van der Waals surface area contributed by atoms with Crippen molar-refractivity contribution in [2.24, 2.45) is 0 Å². The molecule has 3 amide bonds. The zero-order chi connectivity index (χ0) is 19.4. The summed E-state index contributed by atoms with van der Waals surface area (Å²) in [6, 6.07) is 4.99. The van der Waals surface area contributed by atoms with Gasteiger partial charge in [0, 0.05) is 0 Å². The van der Waals surface area contributed by atoms with Gasteiger partial charge in [0.25, 0.3) is 5.91 Å². The van der Waals surface area contributed by atoms with Crippen LogP contribution in [0.3, 0.4) is 0 Å². The topological polar surface area (TPSA) is 105 Å². The average Bonchev–Trinajstić information content (AvgIpc) is 3.13. The molecule has 2 atom stereocenters. The SMILES string of the molecule is CCc1nnc(CNC(=O)NC(C)c2ccc3c(c2)OC(CC)C(=O)N3)s1. The van der Waals surface area contributed by atoms with Crippen molar-refractivity contribution in [1.82, 2.24) is 20.8 Å². The highest BCUT2D eigenvalue weighted by atomic mass is 32.1. The van der Waals surface area contributed by atoms with Crippen LogP contribution in [0.2, 0.25) is 0 Å². The van der Waals surface area contributed by atoms with E-state index in [9.17, 15) is 9.59 Å². The number of hydrogen-bond donors (Lipinski definition) is 3. The number of aryl methyl sites for hydroxylation is 1. The molecule has 8 nitrogen and oxygen atoms in total. The molecule has 0 aliphatic carbocycles. The number of fused-ring (bicyclic) bond motifs is 1. The number of urea groups is 1. The van der Waals surface area contributed by atoms with Gasteiger partial charge in [-0.3, -0.25) is 4.79 Å². The largest absolute Gasteiger partial charge is 0.478 e. The van der Waals surface area contributed by atoms with Gasteiger partial charge in [0.2, 0.25) is 0 Å². The van der Waals surface area contributed by atoms with Crippen LogP contribution in [0.1, 0.15) is 48.8 Å². The van der Waals surface area contributed by atoms with Crippen LogP contribution in [0.15, 0.2) is 18.2 Å². The first kappa shape index (κ1) is 19.1. The lowest BCUT2D eigenvalue weighted by Gasteiger charge is -2.26. The maximum absolute atomic E-state index is 12.2. The van der Waals surface area contributed by atoms with Crippen molar-refractivity contribution in [3.63, 3.8) is 0 Å². The fraction of sp³-hybridized carbons (Fsp3) is 0.444. The maximum atomic E-state index is 12.2. The van der Waals surface area contributed by atoms with Gasteiger partial charge in [-0.05, 0) is 37.5 Å². The standard InChI is InChI=1S/C18H23N5O3S/c1-4-13-17(24)21-12-7-6-11(8-14(12)26-13)10(3)20-18(25)19-9-16-23-22-15(5-2)27-16/h6-8,10,13H,4-5,9H2,1-3H3,(H,21,24)(H2,19,20,25). The molecule has 1 aliphatic rings. The van der Waals surface area contributed by atoms with E-state index in [1.807, 2.05) is 32.9 Å². The minimum absolute atomic E-state index is 0.133. The molecule has 0 spiro atoms. The third-order valence-corrected chi connectivity index (χ3v) is 5.32. The predicted octanol–water partition coefficient (Wildman–Crippen LogP) is 2.77. The lowest BCUT2D eigenvalue weighted by Crippen LogP contribution is -2.37. The van der Waals surface area contributed by atoms with Gasteiger partial charge in [-0.2, -0.15) is 0 Å². The number of benzene rings is 1. The number of nitrogens with one attached hydrogen (secondary N) is 3. The highest BCUT2D eigenvalue weighted by molar-refractivity contribution is 7.11. The Morgan fingerprint density at radius 3 is 2.81 bits per heavy atom. The van der Waals surface area contributed by atoms with Crippen molar-refractivity contribution < 1.29 is 14.3 Å². The normalized spacial score (nSPS) is 16.7. The first-order valence-corrected chi connectivity index (χ1v) is 9.78. The van der Waals surface area contributed by atoms with E-state index >= 15 is 0 Å². The number of carbonyl (C=O) groups is 2. The molecule has 9 heteroatoms. The third kappa shape index (κ3) is 4.54. The van der Waals surface area contributed by atoms with Crippen LogP contribution < -0.4 is 20.7 Å². The fourth-order valence-electron chi connectivity index (χ4n) is 2.69. The lowest BCUT2D eigenvalue weighted by molar-refractivity contribution is -0.123. The number of anilines is 1. The monoisotopic (exact) mass is 389 g/mol. The number of carbonyl (C=O) groups excluding carboxylic acids is 2. The van der Waals surface area contributed by atoms with E-state index < -0.39 is 6.10 Å². The van der Waals surface area contributed by atoms with Crippen molar-refractivity contribution in [2.45, 2.75) is 52.3 Å². The Labute approximate surface area is 161 Å². The molecule has 3 rings (SSSR count). The predicted molar refractivity (Wildman–Crippen MR) is 103 cm³/mol. The van der Waals surface area contributed by atoms with Gasteiger partial charge in [-0.25, -0.2) is 4.79 Å². The summed E-state index contributed by atoms with van der Waals surface area (Å²) in [6.45, 7) is 6.14. The van der Waals surface area contributed by atoms with Gasteiger partial charge in [0.1, 0.15) is 15.8 Å². The van der Waals surface area contributed by atoms with Crippen LogP contribution in [0.5, 0.6) is 5.75 Å². The molecule has 0 radical (unpaired) electrons. The number of rotatable bonds is 6. The second-order valence-corrected chi connectivity index (χ2v) is 7.40. The zero-order valence-corrected chi connectivity index (χ0v) is 16.4. The number of ether oxygens (including phenoxy) is 1. The Morgan fingerprint density at radius 1 is 1.33 bits per heavy atom. The highest BCUT2D eigenvalue weighted by Gasteiger charge is 2.26. The highest BCUT2D eigenvalue weighted by Crippen LogP contribution is 2.32. The van der Waals surface area contributed by atoms with E-state index in [1.54, 1.807) is 6.07 Å². The minimum atomic E-state index is -0.487. The molecule has 1 aromatic carbocycles. The summed E-state index contributed by atoms with van der Waals surface area (Å²) in [4.78, 5) is 24.0.